The Kier molecular flexibility index (Phi) is 7.18. The summed E-state index contributed by atoms with van der Waals surface area (Å²) in [5.74, 6) is -0.0180. The van der Waals surface area contributed by atoms with Gasteiger partial charge in [0.2, 0.25) is 5.91 Å². The molecule has 0 fully saturated rings. The second kappa shape index (κ2) is 8.66. The first kappa shape index (κ1) is 16.6. The third-order valence-corrected chi connectivity index (χ3v) is 3.46. The van der Waals surface area contributed by atoms with E-state index in [1.54, 1.807) is 7.05 Å². The summed E-state index contributed by atoms with van der Waals surface area (Å²) in [4.78, 5) is 14.1. The number of rotatable bonds is 8. The summed E-state index contributed by atoms with van der Waals surface area (Å²) in [7, 11) is 1.65. The molecule has 0 aliphatic carbocycles. The summed E-state index contributed by atoms with van der Waals surface area (Å²) < 4.78 is 0. The summed E-state index contributed by atoms with van der Waals surface area (Å²) in [5.41, 5.74) is 6.98. The zero-order chi connectivity index (χ0) is 15.0. The van der Waals surface area contributed by atoms with E-state index >= 15 is 0 Å². The van der Waals surface area contributed by atoms with Gasteiger partial charge in [0, 0.05) is 19.5 Å². The molecule has 3 N–H and O–H groups in total. The Morgan fingerprint density at radius 1 is 1.40 bits per heavy atom. The maximum Gasteiger partial charge on any atom is 0.233 e. The van der Waals surface area contributed by atoms with E-state index in [0.717, 1.165) is 18.5 Å². The second-order valence-corrected chi connectivity index (χ2v) is 5.25. The van der Waals surface area contributed by atoms with Crippen LogP contribution in [0.2, 0.25) is 0 Å². The monoisotopic (exact) mass is 293 g/mol. The van der Waals surface area contributed by atoms with Crippen LogP contribution in [0, 0.1) is 0 Å². The quantitative estimate of drug-likeness (QED) is 0.714. The number of nitrogens with zero attached hydrogens (tertiary/aromatic N) is 1. The van der Waals surface area contributed by atoms with Crippen molar-refractivity contribution >= 4 is 23.1 Å². The highest BCUT2D eigenvalue weighted by Crippen LogP contribution is 2.17. The van der Waals surface area contributed by atoms with E-state index in [-0.39, 0.29) is 11.8 Å². The van der Waals surface area contributed by atoms with Crippen LogP contribution in [0.25, 0.3) is 0 Å². The van der Waals surface area contributed by atoms with Gasteiger partial charge in [-0.25, -0.2) is 0 Å². The lowest BCUT2D eigenvalue weighted by atomic mass is 9.98. The molecule has 1 aromatic carbocycles. The largest absolute Gasteiger partial charge is 0.393 e. The van der Waals surface area contributed by atoms with E-state index in [1.807, 2.05) is 30.3 Å². The van der Waals surface area contributed by atoms with Gasteiger partial charge >= 0.3 is 0 Å². The van der Waals surface area contributed by atoms with Crippen LogP contribution < -0.4 is 11.1 Å². The first-order chi connectivity index (χ1) is 9.58. The van der Waals surface area contributed by atoms with Crippen molar-refractivity contribution in [3.8, 4) is 0 Å². The third-order valence-electron chi connectivity index (χ3n) is 3.17. The van der Waals surface area contributed by atoms with Crippen molar-refractivity contribution in [1.82, 2.24) is 10.2 Å². The molecule has 0 bridgehead atoms. The lowest BCUT2D eigenvalue weighted by Crippen LogP contribution is -2.40. The number of hydrogen-bond donors (Lipinski definition) is 2. The molecule has 20 heavy (non-hydrogen) atoms. The smallest absolute Gasteiger partial charge is 0.233 e. The molecule has 5 heteroatoms. The molecule has 0 radical (unpaired) electrons. The molecule has 1 amide bonds. The van der Waals surface area contributed by atoms with Gasteiger partial charge in [-0.2, -0.15) is 0 Å². The maximum absolute atomic E-state index is 11.6. The van der Waals surface area contributed by atoms with Crippen LogP contribution in [0.4, 0.5) is 0 Å². The predicted octanol–water partition coefficient (Wildman–Crippen LogP) is 1.51. The molecule has 1 aromatic rings. The van der Waals surface area contributed by atoms with Crippen LogP contribution in [0.1, 0.15) is 24.8 Å². The zero-order valence-electron chi connectivity index (χ0n) is 12.1. The van der Waals surface area contributed by atoms with Crippen LogP contribution in [-0.4, -0.2) is 42.5 Å². The molecule has 1 atom stereocenters. The average Bonchev–Trinajstić information content (AvgIpc) is 2.45. The first-order valence-corrected chi connectivity index (χ1v) is 7.26. The fourth-order valence-corrected chi connectivity index (χ4v) is 2.35. The number of carbonyl (C=O) groups is 1. The summed E-state index contributed by atoms with van der Waals surface area (Å²) in [6.07, 6.45) is 0.982. The average molecular weight is 293 g/mol. The van der Waals surface area contributed by atoms with Crippen molar-refractivity contribution in [2.45, 2.75) is 19.3 Å². The first-order valence-electron chi connectivity index (χ1n) is 6.85. The van der Waals surface area contributed by atoms with Crippen LogP contribution in [0.5, 0.6) is 0 Å². The van der Waals surface area contributed by atoms with Crippen molar-refractivity contribution in [3.05, 3.63) is 35.9 Å². The topological polar surface area (TPSA) is 58.4 Å². The lowest BCUT2D eigenvalue weighted by Gasteiger charge is -2.26. The SMILES string of the molecule is CCCN(CC(=O)NC)CC(C(N)=S)c1ccccc1. The van der Waals surface area contributed by atoms with E-state index < -0.39 is 0 Å². The summed E-state index contributed by atoms with van der Waals surface area (Å²) in [6.45, 7) is 3.98. The predicted molar refractivity (Wildman–Crippen MR) is 86.8 cm³/mol. The molecule has 0 saturated carbocycles. The summed E-state index contributed by atoms with van der Waals surface area (Å²) in [5, 5.41) is 2.65. The molecule has 0 aliphatic heterocycles. The molecule has 0 saturated heterocycles. The Labute approximate surface area is 126 Å². The van der Waals surface area contributed by atoms with Crippen LogP contribution >= 0.6 is 12.2 Å². The fourth-order valence-electron chi connectivity index (χ4n) is 2.14. The van der Waals surface area contributed by atoms with E-state index in [9.17, 15) is 4.79 Å². The molecular formula is C15H23N3OS. The molecular weight excluding hydrogens is 270 g/mol. The summed E-state index contributed by atoms with van der Waals surface area (Å²) >= 11 is 5.19. The van der Waals surface area contributed by atoms with Crippen molar-refractivity contribution in [2.24, 2.45) is 5.73 Å². The van der Waals surface area contributed by atoms with Gasteiger partial charge in [-0.3, -0.25) is 9.69 Å². The van der Waals surface area contributed by atoms with E-state index in [0.29, 0.717) is 18.1 Å². The van der Waals surface area contributed by atoms with Crippen LogP contribution in [-0.2, 0) is 4.79 Å². The maximum atomic E-state index is 11.6. The Balaban J connectivity index is 2.81. The minimum absolute atomic E-state index is 0.00759. The van der Waals surface area contributed by atoms with E-state index in [2.05, 4.69) is 17.1 Å². The number of nitrogens with one attached hydrogen (secondary N) is 1. The number of hydrogen-bond acceptors (Lipinski definition) is 3. The zero-order valence-corrected chi connectivity index (χ0v) is 13.0. The standard InChI is InChI=1S/C15H23N3OS/c1-3-9-18(11-14(19)17-2)10-13(15(16)20)12-7-5-4-6-8-12/h4-8,13H,3,9-11H2,1-2H3,(H2,16,20)(H,17,19). The fraction of sp³-hybridized carbons (Fsp3) is 0.467. The minimum atomic E-state index is -0.0255. The van der Waals surface area contributed by atoms with E-state index in [4.69, 9.17) is 18.0 Å². The Morgan fingerprint density at radius 3 is 2.55 bits per heavy atom. The normalized spacial score (nSPS) is 12.2. The lowest BCUT2D eigenvalue weighted by molar-refractivity contribution is -0.121. The number of thiocarbonyl (C=S) groups is 1. The molecule has 0 heterocycles. The van der Waals surface area contributed by atoms with Gasteiger partial charge in [0.15, 0.2) is 0 Å². The summed E-state index contributed by atoms with van der Waals surface area (Å²) in [6, 6.07) is 9.96. The molecule has 1 unspecified atom stereocenters. The molecule has 4 nitrogen and oxygen atoms in total. The van der Waals surface area contributed by atoms with Gasteiger partial charge in [-0.05, 0) is 18.5 Å². The van der Waals surface area contributed by atoms with Gasteiger partial charge in [-0.1, -0.05) is 49.5 Å². The Hall–Kier alpha value is -1.46. The van der Waals surface area contributed by atoms with Gasteiger partial charge in [0.1, 0.15) is 0 Å². The highest BCUT2D eigenvalue weighted by molar-refractivity contribution is 7.80. The number of benzene rings is 1. The highest BCUT2D eigenvalue weighted by Gasteiger charge is 2.19. The Morgan fingerprint density at radius 2 is 2.05 bits per heavy atom. The highest BCUT2D eigenvalue weighted by atomic mass is 32.1. The second-order valence-electron chi connectivity index (χ2n) is 4.77. The van der Waals surface area contributed by atoms with Gasteiger partial charge < -0.3 is 11.1 Å². The van der Waals surface area contributed by atoms with Crippen molar-refractivity contribution in [3.63, 3.8) is 0 Å². The number of carbonyl (C=O) groups excluding carboxylic acids is 1. The number of nitrogens with two attached hydrogens (primary N) is 1. The molecule has 0 spiro atoms. The van der Waals surface area contributed by atoms with Gasteiger partial charge in [0.25, 0.3) is 0 Å². The van der Waals surface area contributed by atoms with E-state index in [1.165, 1.54) is 0 Å². The number of likely N-dealkylation sites (N-methyl/N-ethyl adjacent to an activating group) is 1. The van der Waals surface area contributed by atoms with Gasteiger partial charge in [0.05, 0.1) is 11.5 Å². The molecule has 0 aromatic heterocycles. The molecule has 0 aliphatic rings. The van der Waals surface area contributed by atoms with Crippen LogP contribution in [0.15, 0.2) is 30.3 Å². The third kappa shape index (κ3) is 5.27. The van der Waals surface area contributed by atoms with Crippen LogP contribution in [0.3, 0.4) is 0 Å². The minimum Gasteiger partial charge on any atom is -0.393 e. The van der Waals surface area contributed by atoms with Gasteiger partial charge in [-0.15, -0.1) is 0 Å². The van der Waals surface area contributed by atoms with Crippen molar-refractivity contribution in [2.75, 3.05) is 26.7 Å². The van der Waals surface area contributed by atoms with Crippen molar-refractivity contribution in [1.29, 1.82) is 0 Å². The molecule has 1 rings (SSSR count). The Bertz CT molecular complexity index is 436. The van der Waals surface area contributed by atoms with Crippen molar-refractivity contribution < 1.29 is 4.79 Å². The number of amides is 1. The molecule has 110 valence electrons.